The maximum atomic E-state index is 11.4. The lowest BCUT2D eigenvalue weighted by Crippen LogP contribution is -2.30. The van der Waals surface area contributed by atoms with Crippen molar-refractivity contribution in [2.75, 3.05) is 4.90 Å². The highest BCUT2D eigenvalue weighted by molar-refractivity contribution is 7.14. The van der Waals surface area contributed by atoms with Gasteiger partial charge >= 0.3 is 5.97 Å². The molecule has 5 nitrogen and oxygen atoms in total. The summed E-state index contributed by atoms with van der Waals surface area (Å²) in [5.74, 6) is 0.653. The molecule has 0 aliphatic heterocycles. The smallest absolute Gasteiger partial charge is 0.335 e. The van der Waals surface area contributed by atoms with Crippen LogP contribution in [0.1, 0.15) is 78.9 Å². The summed E-state index contributed by atoms with van der Waals surface area (Å²) < 4.78 is 6.07. The Kier molecular flexibility index (Phi) is 8.62. The number of nitrogens with zero attached hydrogens (tertiary/aromatic N) is 2. The summed E-state index contributed by atoms with van der Waals surface area (Å²) in [5, 5.41) is 12.3. The fourth-order valence-electron chi connectivity index (χ4n) is 5.21. The van der Waals surface area contributed by atoms with Gasteiger partial charge in [0.05, 0.1) is 11.3 Å². The van der Waals surface area contributed by atoms with E-state index in [1.165, 1.54) is 43.2 Å². The standard InChI is InChI=1S/C33H36N2O3S/c1-23(2)35(20-25-7-6-10-29(19-25)32(36)37)33-34-31(22-39-33)28-15-17-30(18-16-28)38-21-24-11-13-27(14-12-24)26-8-4-3-5-9-26/h6-7,10-19,22-23,26H,3-5,8-9,20-21H2,1-2H3,(H,36,37). The van der Waals surface area contributed by atoms with Crippen molar-refractivity contribution < 1.29 is 14.6 Å². The highest BCUT2D eigenvalue weighted by Crippen LogP contribution is 2.33. The van der Waals surface area contributed by atoms with E-state index in [2.05, 4.69) is 60.5 Å². The van der Waals surface area contributed by atoms with Gasteiger partial charge in [-0.3, -0.25) is 0 Å². The first-order chi connectivity index (χ1) is 19.0. The van der Waals surface area contributed by atoms with E-state index in [0.29, 0.717) is 18.7 Å². The van der Waals surface area contributed by atoms with Crippen LogP contribution in [0.4, 0.5) is 5.13 Å². The molecule has 39 heavy (non-hydrogen) atoms. The second kappa shape index (κ2) is 12.5. The Morgan fingerprint density at radius 3 is 2.44 bits per heavy atom. The van der Waals surface area contributed by atoms with E-state index in [-0.39, 0.29) is 6.04 Å². The molecule has 1 saturated carbocycles. The second-order valence-electron chi connectivity index (χ2n) is 10.6. The summed E-state index contributed by atoms with van der Waals surface area (Å²) in [6.07, 6.45) is 6.73. The molecule has 0 amide bonds. The Morgan fingerprint density at radius 1 is 1.00 bits per heavy atom. The van der Waals surface area contributed by atoms with Gasteiger partial charge < -0.3 is 14.7 Å². The molecule has 1 fully saturated rings. The van der Waals surface area contributed by atoms with Crippen molar-refractivity contribution in [1.82, 2.24) is 4.98 Å². The van der Waals surface area contributed by atoms with Crippen molar-refractivity contribution in [3.05, 3.63) is 100 Å². The van der Waals surface area contributed by atoms with E-state index in [9.17, 15) is 9.90 Å². The Labute approximate surface area is 235 Å². The molecule has 0 radical (unpaired) electrons. The molecule has 202 valence electrons. The minimum absolute atomic E-state index is 0.213. The molecule has 1 heterocycles. The van der Waals surface area contributed by atoms with Crippen LogP contribution in [0.15, 0.2) is 78.2 Å². The summed E-state index contributed by atoms with van der Waals surface area (Å²) in [6, 6.07) is 24.4. The van der Waals surface area contributed by atoms with E-state index < -0.39 is 5.97 Å². The first kappa shape index (κ1) is 26.9. The summed E-state index contributed by atoms with van der Waals surface area (Å²) in [7, 11) is 0. The summed E-state index contributed by atoms with van der Waals surface area (Å²) in [5.41, 5.74) is 5.86. The molecule has 0 atom stereocenters. The van der Waals surface area contributed by atoms with E-state index >= 15 is 0 Å². The van der Waals surface area contributed by atoms with Crippen molar-refractivity contribution in [2.45, 2.75) is 71.1 Å². The molecule has 0 spiro atoms. The SMILES string of the molecule is CC(C)N(Cc1cccc(C(=O)O)c1)c1nc(-c2ccc(OCc3ccc(C4CCCCC4)cc3)cc2)cs1. The average molecular weight is 541 g/mol. The lowest BCUT2D eigenvalue weighted by molar-refractivity contribution is 0.0696. The fraction of sp³-hybridized carbons (Fsp3) is 0.333. The van der Waals surface area contributed by atoms with Crippen LogP contribution in [0.2, 0.25) is 0 Å². The van der Waals surface area contributed by atoms with Gasteiger partial charge in [-0.25, -0.2) is 9.78 Å². The van der Waals surface area contributed by atoms with Crippen molar-refractivity contribution in [1.29, 1.82) is 0 Å². The molecule has 0 saturated heterocycles. The molecule has 1 N–H and O–H groups in total. The number of anilines is 1. The molecule has 6 heteroatoms. The highest BCUT2D eigenvalue weighted by atomic mass is 32.1. The average Bonchev–Trinajstić information content (AvgIpc) is 3.46. The lowest BCUT2D eigenvalue weighted by atomic mass is 9.84. The molecule has 0 bridgehead atoms. The molecule has 0 unspecified atom stereocenters. The van der Waals surface area contributed by atoms with Gasteiger partial charge in [0, 0.05) is 23.5 Å². The Morgan fingerprint density at radius 2 is 1.74 bits per heavy atom. The normalized spacial score (nSPS) is 13.9. The van der Waals surface area contributed by atoms with Crippen molar-refractivity contribution >= 4 is 22.4 Å². The number of carbonyl (C=O) groups is 1. The number of carboxylic acids is 1. The summed E-state index contributed by atoms with van der Waals surface area (Å²) in [6.45, 7) is 5.40. The second-order valence-corrected chi connectivity index (χ2v) is 11.5. The number of ether oxygens (including phenoxy) is 1. The quantitative estimate of drug-likeness (QED) is 0.218. The van der Waals surface area contributed by atoms with Crippen LogP contribution in [-0.2, 0) is 13.2 Å². The maximum absolute atomic E-state index is 11.4. The summed E-state index contributed by atoms with van der Waals surface area (Å²) >= 11 is 1.60. The fourth-order valence-corrected chi connectivity index (χ4v) is 6.18. The first-order valence-corrected chi connectivity index (χ1v) is 14.7. The van der Waals surface area contributed by atoms with E-state index in [0.717, 1.165) is 33.6 Å². The first-order valence-electron chi connectivity index (χ1n) is 13.8. The Bertz CT molecular complexity index is 1370. The van der Waals surface area contributed by atoms with Gasteiger partial charge in [-0.1, -0.05) is 55.7 Å². The molecular formula is C33H36N2O3S. The predicted octanol–water partition coefficient (Wildman–Crippen LogP) is 8.55. The van der Waals surface area contributed by atoms with Gasteiger partial charge in [0.2, 0.25) is 0 Å². The van der Waals surface area contributed by atoms with Gasteiger partial charge in [0.15, 0.2) is 5.13 Å². The molecule has 3 aromatic carbocycles. The molecule has 5 rings (SSSR count). The Hall–Kier alpha value is -3.64. The van der Waals surface area contributed by atoms with Crippen LogP contribution in [-0.4, -0.2) is 22.1 Å². The number of thiazole rings is 1. The van der Waals surface area contributed by atoms with Gasteiger partial charge in [0.1, 0.15) is 12.4 Å². The zero-order chi connectivity index (χ0) is 27.2. The molecule has 1 aliphatic carbocycles. The van der Waals surface area contributed by atoms with Crippen LogP contribution in [0.3, 0.4) is 0 Å². The van der Waals surface area contributed by atoms with Gasteiger partial charge in [-0.05, 0) is 85.7 Å². The van der Waals surface area contributed by atoms with Crippen molar-refractivity contribution in [3.63, 3.8) is 0 Å². The number of carboxylic acid groups (broad SMARTS) is 1. The number of benzene rings is 3. The minimum atomic E-state index is -0.913. The Balaban J connectivity index is 1.20. The number of hydrogen-bond donors (Lipinski definition) is 1. The molecule has 1 aliphatic rings. The van der Waals surface area contributed by atoms with Crippen LogP contribution in [0, 0.1) is 0 Å². The van der Waals surface area contributed by atoms with Crippen LogP contribution >= 0.6 is 11.3 Å². The zero-order valence-corrected chi connectivity index (χ0v) is 23.5. The third-order valence-corrected chi connectivity index (χ3v) is 8.38. The largest absolute Gasteiger partial charge is 0.489 e. The third kappa shape index (κ3) is 6.87. The minimum Gasteiger partial charge on any atom is -0.489 e. The number of aromatic nitrogens is 1. The maximum Gasteiger partial charge on any atom is 0.335 e. The van der Waals surface area contributed by atoms with Crippen LogP contribution in [0.25, 0.3) is 11.3 Å². The number of aromatic carboxylic acids is 1. The third-order valence-electron chi connectivity index (χ3n) is 7.50. The summed E-state index contributed by atoms with van der Waals surface area (Å²) in [4.78, 5) is 18.5. The monoisotopic (exact) mass is 540 g/mol. The van der Waals surface area contributed by atoms with E-state index in [1.54, 1.807) is 29.5 Å². The van der Waals surface area contributed by atoms with E-state index in [4.69, 9.17) is 9.72 Å². The predicted molar refractivity (Wildman–Crippen MR) is 159 cm³/mol. The zero-order valence-electron chi connectivity index (χ0n) is 22.7. The topological polar surface area (TPSA) is 62.7 Å². The molecule has 1 aromatic heterocycles. The molecular weight excluding hydrogens is 504 g/mol. The lowest BCUT2D eigenvalue weighted by Gasteiger charge is -2.26. The van der Waals surface area contributed by atoms with E-state index in [1.807, 2.05) is 18.2 Å². The van der Waals surface area contributed by atoms with Crippen LogP contribution < -0.4 is 9.64 Å². The number of rotatable bonds is 10. The number of hydrogen-bond acceptors (Lipinski definition) is 5. The molecule has 4 aromatic rings. The van der Waals surface area contributed by atoms with Gasteiger partial charge in [-0.2, -0.15) is 0 Å². The van der Waals surface area contributed by atoms with Gasteiger partial charge in [0.25, 0.3) is 0 Å². The highest BCUT2D eigenvalue weighted by Gasteiger charge is 2.17. The van der Waals surface area contributed by atoms with Crippen LogP contribution in [0.5, 0.6) is 5.75 Å². The van der Waals surface area contributed by atoms with Gasteiger partial charge in [-0.15, -0.1) is 11.3 Å². The van der Waals surface area contributed by atoms with Crippen molar-refractivity contribution in [2.24, 2.45) is 0 Å². The van der Waals surface area contributed by atoms with Crippen molar-refractivity contribution in [3.8, 4) is 17.0 Å².